The van der Waals surface area contributed by atoms with Gasteiger partial charge in [0.1, 0.15) is 11.7 Å². The van der Waals surface area contributed by atoms with Crippen molar-refractivity contribution in [3.8, 4) is 0 Å². The Labute approximate surface area is 148 Å². The van der Waals surface area contributed by atoms with Crippen LogP contribution >= 0.6 is 0 Å². The summed E-state index contributed by atoms with van der Waals surface area (Å²) in [5, 5.41) is 2.94. The molecule has 132 valence electrons. The van der Waals surface area contributed by atoms with Crippen molar-refractivity contribution >= 4 is 17.5 Å². The molecule has 0 saturated heterocycles. The molecule has 0 bridgehead atoms. The van der Waals surface area contributed by atoms with Gasteiger partial charge in [0, 0.05) is 18.8 Å². The minimum atomic E-state index is -0.715. The first kappa shape index (κ1) is 17.6. The molecule has 2 atom stereocenters. The molecule has 1 aromatic carbocycles. The van der Waals surface area contributed by atoms with Gasteiger partial charge in [0.05, 0.1) is 5.54 Å². The molecule has 2 aliphatic rings. The number of ketones is 2. The molecule has 4 heteroatoms. The van der Waals surface area contributed by atoms with Gasteiger partial charge in [-0.05, 0) is 50.3 Å². The Bertz CT molecular complexity index is 750. The van der Waals surface area contributed by atoms with E-state index in [1.54, 1.807) is 6.08 Å². The van der Waals surface area contributed by atoms with Crippen LogP contribution < -0.4 is 5.32 Å². The molecule has 2 fully saturated rings. The lowest BCUT2D eigenvalue weighted by Gasteiger charge is -2.17. The predicted octanol–water partition coefficient (Wildman–Crippen LogP) is 3.08. The van der Waals surface area contributed by atoms with Crippen LogP contribution in [0.3, 0.4) is 0 Å². The second-order valence-electron chi connectivity index (χ2n) is 7.63. The van der Waals surface area contributed by atoms with Gasteiger partial charge in [-0.2, -0.15) is 0 Å². The van der Waals surface area contributed by atoms with Crippen LogP contribution in [0.25, 0.3) is 0 Å². The van der Waals surface area contributed by atoms with Crippen molar-refractivity contribution in [1.29, 1.82) is 0 Å². The van der Waals surface area contributed by atoms with Crippen LogP contribution in [0.15, 0.2) is 24.8 Å². The maximum Gasteiger partial charge on any atom is 0.221 e. The number of hydrogen-bond acceptors (Lipinski definition) is 3. The van der Waals surface area contributed by atoms with Crippen LogP contribution in [-0.4, -0.2) is 23.0 Å². The van der Waals surface area contributed by atoms with E-state index < -0.39 is 11.8 Å². The van der Waals surface area contributed by atoms with Crippen molar-refractivity contribution in [2.75, 3.05) is 0 Å². The number of Topliss-reactive ketones (excluding diaryl/α,β-unsaturated/α-hetero) is 2. The summed E-state index contributed by atoms with van der Waals surface area (Å²) in [6, 6.07) is 4.01. The molecule has 0 heterocycles. The number of carbonyl (C=O) groups excluding carboxylic acids is 3. The van der Waals surface area contributed by atoms with Crippen LogP contribution in [-0.2, 0) is 14.4 Å². The Morgan fingerprint density at radius 1 is 1.24 bits per heavy atom. The predicted molar refractivity (Wildman–Crippen MR) is 96.4 cm³/mol. The molecule has 2 aliphatic carbocycles. The molecule has 3 rings (SSSR count). The van der Waals surface area contributed by atoms with Crippen molar-refractivity contribution in [3.63, 3.8) is 0 Å². The molecule has 2 saturated carbocycles. The minimum Gasteiger partial charge on any atom is -0.347 e. The second-order valence-corrected chi connectivity index (χ2v) is 7.63. The molecule has 4 nitrogen and oxygen atoms in total. The van der Waals surface area contributed by atoms with Gasteiger partial charge in [-0.15, -0.1) is 6.58 Å². The SMILES string of the molecule is C=CC1(NC(=O)CC2CC(=O)C(c3c(C)cc(C)cc3C)C2=O)CC1. The third-order valence-electron chi connectivity index (χ3n) is 5.48. The van der Waals surface area contributed by atoms with Crippen LogP contribution in [0.5, 0.6) is 0 Å². The highest BCUT2D eigenvalue weighted by molar-refractivity contribution is 6.15. The van der Waals surface area contributed by atoms with Gasteiger partial charge >= 0.3 is 0 Å². The Hall–Kier alpha value is -2.23. The van der Waals surface area contributed by atoms with Crippen LogP contribution in [0, 0.1) is 26.7 Å². The van der Waals surface area contributed by atoms with Gasteiger partial charge in [0.2, 0.25) is 5.91 Å². The normalized spacial score (nSPS) is 24.3. The molecule has 0 radical (unpaired) electrons. The summed E-state index contributed by atoms with van der Waals surface area (Å²) in [7, 11) is 0. The standard InChI is InChI=1S/C21H25NO3/c1-5-21(6-7-21)22-17(24)11-15-10-16(23)19(20(15)25)18-13(3)8-12(2)9-14(18)4/h5,8-9,15,19H,1,6-7,10-11H2,2-4H3,(H,22,24). The molecule has 2 unspecified atom stereocenters. The molecular weight excluding hydrogens is 314 g/mol. The monoisotopic (exact) mass is 339 g/mol. The molecule has 1 aromatic rings. The zero-order valence-electron chi connectivity index (χ0n) is 15.1. The number of aryl methyl sites for hydroxylation is 3. The number of nitrogens with one attached hydrogen (secondary N) is 1. The van der Waals surface area contributed by atoms with E-state index in [2.05, 4.69) is 11.9 Å². The van der Waals surface area contributed by atoms with Gasteiger partial charge < -0.3 is 5.32 Å². The quantitative estimate of drug-likeness (QED) is 0.662. The summed E-state index contributed by atoms with van der Waals surface area (Å²) in [6.07, 6.45) is 3.79. The number of hydrogen-bond donors (Lipinski definition) is 1. The third-order valence-corrected chi connectivity index (χ3v) is 5.48. The Morgan fingerprint density at radius 3 is 2.36 bits per heavy atom. The lowest BCUT2D eigenvalue weighted by atomic mass is 9.86. The first-order valence-electron chi connectivity index (χ1n) is 8.85. The lowest BCUT2D eigenvalue weighted by Crippen LogP contribution is -2.36. The Balaban J connectivity index is 1.77. The summed E-state index contributed by atoms with van der Waals surface area (Å²) >= 11 is 0. The summed E-state index contributed by atoms with van der Waals surface area (Å²) in [6.45, 7) is 9.63. The molecule has 1 amide bonds. The van der Waals surface area contributed by atoms with Crippen LogP contribution in [0.4, 0.5) is 0 Å². The van der Waals surface area contributed by atoms with Crippen molar-refractivity contribution in [1.82, 2.24) is 5.32 Å². The highest BCUT2D eigenvalue weighted by Crippen LogP contribution is 2.39. The fourth-order valence-electron chi connectivity index (χ4n) is 4.05. The highest BCUT2D eigenvalue weighted by Gasteiger charge is 2.45. The van der Waals surface area contributed by atoms with E-state index in [0.29, 0.717) is 0 Å². The number of benzene rings is 1. The van der Waals surface area contributed by atoms with E-state index in [1.165, 1.54) is 0 Å². The molecular formula is C21H25NO3. The molecule has 25 heavy (non-hydrogen) atoms. The second kappa shape index (κ2) is 6.25. The minimum absolute atomic E-state index is 0.0669. The Kier molecular flexibility index (Phi) is 4.40. The maximum atomic E-state index is 12.9. The van der Waals surface area contributed by atoms with Crippen molar-refractivity contribution < 1.29 is 14.4 Å². The summed E-state index contributed by atoms with van der Waals surface area (Å²) in [4.78, 5) is 37.7. The lowest BCUT2D eigenvalue weighted by molar-refractivity contribution is -0.129. The van der Waals surface area contributed by atoms with E-state index in [0.717, 1.165) is 35.1 Å². The van der Waals surface area contributed by atoms with Crippen LogP contribution in [0.1, 0.15) is 53.9 Å². The molecule has 0 spiro atoms. The highest BCUT2D eigenvalue weighted by atomic mass is 16.2. The third kappa shape index (κ3) is 3.30. The van der Waals surface area contributed by atoms with E-state index in [4.69, 9.17) is 0 Å². The van der Waals surface area contributed by atoms with Gasteiger partial charge in [0.25, 0.3) is 0 Å². The summed E-state index contributed by atoms with van der Waals surface area (Å²) in [5.41, 5.74) is 3.60. The van der Waals surface area contributed by atoms with Crippen molar-refractivity contribution in [2.45, 2.75) is 57.9 Å². The van der Waals surface area contributed by atoms with Gasteiger partial charge in [0.15, 0.2) is 5.78 Å². The van der Waals surface area contributed by atoms with Gasteiger partial charge in [-0.1, -0.05) is 23.8 Å². The van der Waals surface area contributed by atoms with E-state index in [1.807, 2.05) is 32.9 Å². The largest absolute Gasteiger partial charge is 0.347 e. The summed E-state index contributed by atoms with van der Waals surface area (Å²) in [5.74, 6) is -1.58. The molecule has 1 N–H and O–H groups in total. The summed E-state index contributed by atoms with van der Waals surface area (Å²) < 4.78 is 0. The Morgan fingerprint density at radius 2 is 1.84 bits per heavy atom. The smallest absolute Gasteiger partial charge is 0.221 e. The zero-order valence-corrected chi connectivity index (χ0v) is 15.1. The number of carbonyl (C=O) groups is 3. The zero-order chi connectivity index (χ0) is 18.4. The van der Waals surface area contributed by atoms with E-state index >= 15 is 0 Å². The van der Waals surface area contributed by atoms with Gasteiger partial charge in [-0.3, -0.25) is 14.4 Å². The average Bonchev–Trinajstić information content (AvgIpc) is 3.23. The molecule has 0 aromatic heterocycles. The number of rotatable bonds is 5. The first-order chi connectivity index (χ1) is 11.8. The van der Waals surface area contributed by atoms with Crippen LogP contribution in [0.2, 0.25) is 0 Å². The van der Waals surface area contributed by atoms with E-state index in [-0.39, 0.29) is 35.9 Å². The molecule has 0 aliphatic heterocycles. The van der Waals surface area contributed by atoms with E-state index in [9.17, 15) is 14.4 Å². The maximum absolute atomic E-state index is 12.9. The fourth-order valence-corrected chi connectivity index (χ4v) is 4.05. The van der Waals surface area contributed by atoms with Crippen molar-refractivity contribution in [3.05, 3.63) is 47.0 Å². The fraction of sp³-hybridized carbons (Fsp3) is 0.476. The topological polar surface area (TPSA) is 63.2 Å². The van der Waals surface area contributed by atoms with Gasteiger partial charge in [-0.25, -0.2) is 0 Å². The van der Waals surface area contributed by atoms with Crippen molar-refractivity contribution in [2.24, 2.45) is 5.92 Å². The number of amides is 1. The average molecular weight is 339 g/mol. The first-order valence-corrected chi connectivity index (χ1v) is 8.85.